The molecule has 0 aliphatic carbocycles. The predicted octanol–water partition coefficient (Wildman–Crippen LogP) is 2.97. The average Bonchev–Trinajstić information content (AvgIpc) is 2.26. The first-order chi connectivity index (χ1) is 9.04. The number of hydrogen-bond acceptors (Lipinski definition) is 5. The van der Waals surface area contributed by atoms with E-state index in [4.69, 9.17) is 20.2 Å². The standard InChI is InChI=1S/C13H17ClO5S/c1-5-18-11-7-6-9(20(14,16)17)8-10(11)12(15)19-13(2,3)4/h6-8H,5H2,1-4H3. The second-order valence-electron chi connectivity index (χ2n) is 5.03. The van der Waals surface area contributed by atoms with Crippen LogP contribution in [0.25, 0.3) is 0 Å². The van der Waals surface area contributed by atoms with Gasteiger partial charge in [0.15, 0.2) is 0 Å². The Balaban J connectivity index is 3.29. The summed E-state index contributed by atoms with van der Waals surface area (Å²) in [7, 11) is 1.35. The number of benzene rings is 1. The lowest BCUT2D eigenvalue weighted by molar-refractivity contribution is 0.00657. The lowest BCUT2D eigenvalue weighted by Gasteiger charge is -2.20. The van der Waals surface area contributed by atoms with Crippen LogP contribution in [0.3, 0.4) is 0 Å². The summed E-state index contributed by atoms with van der Waals surface area (Å²) < 4.78 is 33.2. The van der Waals surface area contributed by atoms with Crippen molar-refractivity contribution >= 4 is 25.7 Å². The Kier molecular flexibility index (Phi) is 5.05. The molecular formula is C13H17ClO5S. The van der Waals surface area contributed by atoms with E-state index in [1.54, 1.807) is 27.7 Å². The number of ether oxygens (including phenoxy) is 2. The van der Waals surface area contributed by atoms with Gasteiger partial charge in [0.05, 0.1) is 11.5 Å². The average molecular weight is 321 g/mol. The van der Waals surface area contributed by atoms with Crippen LogP contribution in [-0.2, 0) is 13.8 Å². The molecule has 0 aliphatic heterocycles. The molecule has 0 unspecified atom stereocenters. The third-order valence-corrected chi connectivity index (χ3v) is 3.50. The lowest BCUT2D eigenvalue weighted by atomic mass is 10.1. The predicted molar refractivity (Wildman–Crippen MR) is 75.8 cm³/mol. The van der Waals surface area contributed by atoms with Crippen LogP contribution in [0, 0.1) is 0 Å². The maximum Gasteiger partial charge on any atom is 0.342 e. The molecule has 112 valence electrons. The van der Waals surface area contributed by atoms with E-state index in [1.165, 1.54) is 12.1 Å². The molecular weight excluding hydrogens is 304 g/mol. The van der Waals surface area contributed by atoms with Gasteiger partial charge < -0.3 is 9.47 Å². The van der Waals surface area contributed by atoms with Crippen molar-refractivity contribution in [1.29, 1.82) is 0 Å². The molecule has 5 nitrogen and oxygen atoms in total. The second-order valence-corrected chi connectivity index (χ2v) is 7.60. The molecule has 0 fully saturated rings. The molecule has 20 heavy (non-hydrogen) atoms. The minimum absolute atomic E-state index is 0.0310. The number of esters is 1. The molecule has 1 aromatic rings. The highest BCUT2D eigenvalue weighted by molar-refractivity contribution is 8.13. The zero-order valence-corrected chi connectivity index (χ0v) is 13.3. The Labute approximate surface area is 123 Å². The molecule has 0 aliphatic rings. The summed E-state index contributed by atoms with van der Waals surface area (Å²) >= 11 is 0. The first-order valence-electron chi connectivity index (χ1n) is 5.99. The highest BCUT2D eigenvalue weighted by Gasteiger charge is 2.23. The largest absolute Gasteiger partial charge is 0.493 e. The Hall–Kier alpha value is -1.27. The van der Waals surface area contributed by atoms with Gasteiger partial charge in [-0.3, -0.25) is 0 Å². The molecule has 0 N–H and O–H groups in total. The molecule has 0 atom stereocenters. The molecule has 0 saturated heterocycles. The molecule has 7 heteroatoms. The molecule has 0 saturated carbocycles. The Bertz CT molecular complexity index is 602. The quantitative estimate of drug-likeness (QED) is 0.630. The van der Waals surface area contributed by atoms with E-state index < -0.39 is 20.6 Å². The summed E-state index contributed by atoms with van der Waals surface area (Å²) in [6, 6.07) is 3.82. The molecule has 0 aromatic heterocycles. The molecule has 1 aromatic carbocycles. The first kappa shape index (κ1) is 16.8. The summed E-state index contributed by atoms with van der Waals surface area (Å²) in [6.45, 7) is 7.24. The first-order valence-corrected chi connectivity index (χ1v) is 8.30. The van der Waals surface area contributed by atoms with Crippen molar-refractivity contribution in [2.45, 2.75) is 38.2 Å². The van der Waals surface area contributed by atoms with Gasteiger partial charge in [-0.15, -0.1) is 0 Å². The van der Waals surface area contributed by atoms with Crippen LogP contribution in [0.5, 0.6) is 5.75 Å². The van der Waals surface area contributed by atoms with Crippen molar-refractivity contribution in [3.05, 3.63) is 23.8 Å². The maximum atomic E-state index is 12.1. The van der Waals surface area contributed by atoms with Crippen LogP contribution in [0.2, 0.25) is 0 Å². The van der Waals surface area contributed by atoms with Crippen molar-refractivity contribution in [2.24, 2.45) is 0 Å². The molecule has 1 rings (SSSR count). The van der Waals surface area contributed by atoms with Gasteiger partial charge in [0.1, 0.15) is 16.9 Å². The molecule has 0 spiro atoms. The van der Waals surface area contributed by atoms with Gasteiger partial charge in [0.25, 0.3) is 9.05 Å². The summed E-state index contributed by atoms with van der Waals surface area (Å²) in [5.74, 6) is -0.408. The minimum Gasteiger partial charge on any atom is -0.493 e. The molecule has 0 amide bonds. The fraction of sp³-hybridized carbons (Fsp3) is 0.462. The Morgan fingerprint density at radius 2 is 1.90 bits per heavy atom. The van der Waals surface area contributed by atoms with Crippen LogP contribution < -0.4 is 4.74 Å². The summed E-state index contributed by atoms with van der Waals surface area (Å²) in [5.41, 5.74) is -0.667. The number of carbonyl (C=O) groups excluding carboxylic acids is 1. The fourth-order valence-corrected chi connectivity index (χ4v) is 2.21. The van der Waals surface area contributed by atoms with E-state index in [0.29, 0.717) is 6.61 Å². The maximum absolute atomic E-state index is 12.1. The topological polar surface area (TPSA) is 69.7 Å². The highest BCUT2D eigenvalue weighted by atomic mass is 35.7. The van der Waals surface area contributed by atoms with Gasteiger partial charge in [-0.25, -0.2) is 13.2 Å². The smallest absolute Gasteiger partial charge is 0.342 e. The van der Waals surface area contributed by atoms with Crippen molar-refractivity contribution in [3.63, 3.8) is 0 Å². The van der Waals surface area contributed by atoms with Crippen molar-refractivity contribution in [1.82, 2.24) is 0 Å². The normalized spacial score (nSPS) is 12.1. The van der Waals surface area contributed by atoms with Gasteiger partial charge in [0, 0.05) is 10.7 Å². The summed E-state index contributed by atoms with van der Waals surface area (Å²) in [4.78, 5) is 11.9. The van der Waals surface area contributed by atoms with Crippen LogP contribution in [-0.4, -0.2) is 26.6 Å². The van der Waals surface area contributed by atoms with E-state index in [0.717, 1.165) is 6.07 Å². The van der Waals surface area contributed by atoms with Gasteiger partial charge in [0.2, 0.25) is 0 Å². The third-order valence-electron chi connectivity index (χ3n) is 2.15. The van der Waals surface area contributed by atoms with Gasteiger partial charge in [-0.2, -0.15) is 0 Å². The number of carbonyl (C=O) groups is 1. The molecule has 0 bridgehead atoms. The van der Waals surface area contributed by atoms with E-state index >= 15 is 0 Å². The number of rotatable bonds is 4. The van der Waals surface area contributed by atoms with E-state index in [2.05, 4.69) is 0 Å². The lowest BCUT2D eigenvalue weighted by Crippen LogP contribution is -2.24. The summed E-state index contributed by atoms with van der Waals surface area (Å²) in [5, 5.41) is 0. The number of halogens is 1. The van der Waals surface area contributed by atoms with E-state index in [-0.39, 0.29) is 16.2 Å². The van der Waals surface area contributed by atoms with E-state index in [9.17, 15) is 13.2 Å². The van der Waals surface area contributed by atoms with Crippen LogP contribution in [0.15, 0.2) is 23.1 Å². The number of hydrogen-bond donors (Lipinski definition) is 0. The Morgan fingerprint density at radius 1 is 1.30 bits per heavy atom. The van der Waals surface area contributed by atoms with Crippen LogP contribution in [0.1, 0.15) is 38.1 Å². The van der Waals surface area contributed by atoms with Crippen molar-refractivity contribution in [3.8, 4) is 5.75 Å². The second kappa shape index (κ2) is 6.01. The molecule has 0 heterocycles. The van der Waals surface area contributed by atoms with Crippen molar-refractivity contribution in [2.75, 3.05) is 6.61 Å². The van der Waals surface area contributed by atoms with Crippen LogP contribution in [0.4, 0.5) is 0 Å². The van der Waals surface area contributed by atoms with Crippen molar-refractivity contribution < 1.29 is 22.7 Å². The Morgan fingerprint density at radius 3 is 2.35 bits per heavy atom. The monoisotopic (exact) mass is 320 g/mol. The van der Waals surface area contributed by atoms with Gasteiger partial charge in [-0.1, -0.05) is 0 Å². The SMILES string of the molecule is CCOc1ccc(S(=O)(=O)Cl)cc1C(=O)OC(C)(C)C. The highest BCUT2D eigenvalue weighted by Crippen LogP contribution is 2.26. The van der Waals surface area contributed by atoms with E-state index in [1.807, 2.05) is 0 Å². The molecule has 0 radical (unpaired) electrons. The van der Waals surface area contributed by atoms with Gasteiger partial charge >= 0.3 is 5.97 Å². The minimum atomic E-state index is -3.93. The summed E-state index contributed by atoms with van der Waals surface area (Å²) in [6.07, 6.45) is 0. The third kappa shape index (κ3) is 4.68. The van der Waals surface area contributed by atoms with Gasteiger partial charge in [-0.05, 0) is 45.9 Å². The zero-order chi connectivity index (χ0) is 15.6. The zero-order valence-electron chi connectivity index (χ0n) is 11.8. The van der Waals surface area contributed by atoms with Crippen LogP contribution >= 0.6 is 10.7 Å². The fourth-order valence-electron chi connectivity index (χ4n) is 1.43.